The fraction of sp³-hybridized carbons (Fsp3) is 0. The van der Waals surface area contributed by atoms with E-state index in [9.17, 15) is 14.7 Å². The fourth-order valence-corrected chi connectivity index (χ4v) is 2.26. The number of hydrogen-bond donors (Lipinski definition) is 4. The summed E-state index contributed by atoms with van der Waals surface area (Å²) in [6, 6.07) is 8.32. The quantitative estimate of drug-likeness (QED) is 0.378. The van der Waals surface area contributed by atoms with E-state index in [1.807, 2.05) is 0 Å². The molecule has 0 unspecified atom stereocenters. The van der Waals surface area contributed by atoms with Crippen LogP contribution < -0.4 is 10.9 Å². The molecule has 0 spiro atoms. The molecule has 0 aliphatic carbocycles. The molecule has 2 rings (SSSR count). The Morgan fingerprint density at radius 1 is 1.04 bits per heavy atom. The number of amides is 2. The first-order chi connectivity index (χ1) is 11.4. The van der Waals surface area contributed by atoms with Gasteiger partial charge in [0.1, 0.15) is 5.75 Å². The van der Waals surface area contributed by atoms with Gasteiger partial charge in [-0.3, -0.25) is 14.8 Å². The number of nitrogens with one attached hydrogen (secondary N) is 2. The molecule has 4 N–H and O–H groups in total. The molecule has 0 aromatic heterocycles. The summed E-state index contributed by atoms with van der Waals surface area (Å²) in [5, 5.41) is 22.4. The van der Waals surface area contributed by atoms with Crippen molar-refractivity contribution in [3.8, 4) is 5.75 Å². The van der Waals surface area contributed by atoms with Crippen LogP contribution in [0.2, 0.25) is 10.0 Å². The Morgan fingerprint density at radius 2 is 1.62 bits per heavy atom. The van der Waals surface area contributed by atoms with Gasteiger partial charge in [-0.25, -0.2) is 10.9 Å². The van der Waals surface area contributed by atoms with Crippen LogP contribution in [0.3, 0.4) is 0 Å². The van der Waals surface area contributed by atoms with Crippen molar-refractivity contribution in [1.29, 1.82) is 0 Å². The van der Waals surface area contributed by atoms with Crippen LogP contribution in [0.4, 0.5) is 0 Å². The Labute approximate surface area is 146 Å². The van der Waals surface area contributed by atoms with Crippen LogP contribution in [0.5, 0.6) is 5.75 Å². The molecule has 0 aliphatic rings. The Morgan fingerprint density at radius 3 is 2.21 bits per heavy atom. The van der Waals surface area contributed by atoms with Gasteiger partial charge in [-0.15, -0.1) is 0 Å². The largest absolute Gasteiger partial charge is 0.506 e. The second kappa shape index (κ2) is 7.78. The Hall–Kier alpha value is -2.61. The number of aromatic hydroxyl groups is 1. The smallest absolute Gasteiger partial charge is 0.274 e. The zero-order chi connectivity index (χ0) is 17.7. The fourth-order valence-electron chi connectivity index (χ4n) is 1.75. The summed E-state index contributed by atoms with van der Waals surface area (Å²) < 4.78 is 0. The van der Waals surface area contributed by atoms with Crippen molar-refractivity contribution in [2.45, 2.75) is 0 Å². The average molecular weight is 368 g/mol. The summed E-state index contributed by atoms with van der Waals surface area (Å²) >= 11 is 11.6. The highest BCUT2D eigenvalue weighted by Gasteiger charge is 2.08. The van der Waals surface area contributed by atoms with E-state index in [0.29, 0.717) is 5.02 Å². The number of hydrogen-bond acceptors (Lipinski definition) is 5. The zero-order valence-corrected chi connectivity index (χ0v) is 13.5. The monoisotopic (exact) mass is 367 g/mol. The number of carbonyl (C=O) groups excluding carboxylic acids is 2. The molecule has 2 amide bonds. The van der Waals surface area contributed by atoms with Crippen molar-refractivity contribution in [3.63, 3.8) is 0 Å². The van der Waals surface area contributed by atoms with Gasteiger partial charge in [0, 0.05) is 21.7 Å². The molecule has 0 aliphatic heterocycles. The third kappa shape index (κ3) is 4.23. The van der Waals surface area contributed by atoms with Crippen LogP contribution in [0, 0.1) is 0 Å². The van der Waals surface area contributed by atoms with Crippen LogP contribution in [-0.2, 0) is 0 Å². The van der Waals surface area contributed by atoms with E-state index in [4.69, 9.17) is 28.4 Å². The molecule has 7 nitrogen and oxygen atoms in total. The van der Waals surface area contributed by atoms with Gasteiger partial charge in [-0.2, -0.15) is 5.10 Å². The molecule has 0 saturated heterocycles. The minimum atomic E-state index is -0.687. The predicted octanol–water partition coefficient (Wildman–Crippen LogP) is 2.58. The van der Waals surface area contributed by atoms with Crippen molar-refractivity contribution in [2.75, 3.05) is 0 Å². The first-order valence-corrected chi connectivity index (χ1v) is 7.24. The molecule has 0 bridgehead atoms. The summed E-state index contributed by atoms with van der Waals surface area (Å²) in [4.78, 5) is 23.1. The number of carbonyl (C=O) groups is 2. The van der Waals surface area contributed by atoms with Gasteiger partial charge in [0.05, 0.1) is 11.2 Å². The van der Waals surface area contributed by atoms with Crippen molar-refractivity contribution in [1.82, 2.24) is 10.9 Å². The Kier molecular flexibility index (Phi) is 5.75. The highest BCUT2D eigenvalue weighted by atomic mass is 35.5. The summed E-state index contributed by atoms with van der Waals surface area (Å²) in [7, 11) is 0. The van der Waals surface area contributed by atoms with Gasteiger partial charge >= 0.3 is 0 Å². The molecule has 124 valence electrons. The van der Waals surface area contributed by atoms with E-state index in [1.165, 1.54) is 48.1 Å². The molecule has 0 saturated carbocycles. The molecule has 0 heterocycles. The van der Waals surface area contributed by atoms with Gasteiger partial charge in [-0.05, 0) is 36.4 Å². The van der Waals surface area contributed by atoms with Crippen LogP contribution in [0.25, 0.3) is 0 Å². The molecule has 24 heavy (non-hydrogen) atoms. The van der Waals surface area contributed by atoms with Crippen molar-refractivity contribution < 1.29 is 19.9 Å². The van der Waals surface area contributed by atoms with Crippen LogP contribution in [0.1, 0.15) is 26.3 Å². The van der Waals surface area contributed by atoms with Gasteiger partial charge in [0.2, 0.25) is 0 Å². The van der Waals surface area contributed by atoms with Crippen molar-refractivity contribution in [2.24, 2.45) is 5.10 Å². The van der Waals surface area contributed by atoms with Gasteiger partial charge in [-0.1, -0.05) is 23.2 Å². The second-order valence-corrected chi connectivity index (χ2v) is 5.39. The lowest BCUT2D eigenvalue weighted by molar-refractivity contribution is 0.0706. The lowest BCUT2D eigenvalue weighted by atomic mass is 10.1. The predicted molar refractivity (Wildman–Crippen MR) is 88.9 cm³/mol. The first-order valence-electron chi connectivity index (χ1n) is 6.48. The second-order valence-electron chi connectivity index (χ2n) is 4.54. The third-order valence-corrected chi connectivity index (χ3v) is 3.44. The molecular formula is C15H11Cl2N3O4. The van der Waals surface area contributed by atoms with Crippen molar-refractivity contribution >= 4 is 41.2 Å². The normalized spacial score (nSPS) is 10.6. The summed E-state index contributed by atoms with van der Waals surface area (Å²) in [6.45, 7) is 0. The van der Waals surface area contributed by atoms with E-state index in [1.54, 1.807) is 0 Å². The molecule has 0 radical (unpaired) electrons. The van der Waals surface area contributed by atoms with Gasteiger partial charge < -0.3 is 5.11 Å². The number of nitrogens with zero attached hydrogens (tertiary/aromatic N) is 1. The van der Waals surface area contributed by atoms with Crippen LogP contribution in [-0.4, -0.2) is 28.3 Å². The summed E-state index contributed by atoms with van der Waals surface area (Å²) in [5.41, 5.74) is 4.42. The molecule has 2 aromatic carbocycles. The number of rotatable bonds is 4. The van der Waals surface area contributed by atoms with Crippen LogP contribution in [0.15, 0.2) is 41.5 Å². The summed E-state index contributed by atoms with van der Waals surface area (Å²) in [5.74, 6) is -1.43. The summed E-state index contributed by atoms with van der Waals surface area (Å²) in [6.07, 6.45) is 1.19. The lowest BCUT2D eigenvalue weighted by Crippen LogP contribution is -2.20. The highest BCUT2D eigenvalue weighted by Crippen LogP contribution is 2.29. The maximum absolute atomic E-state index is 11.9. The van der Waals surface area contributed by atoms with Crippen molar-refractivity contribution in [3.05, 3.63) is 63.1 Å². The first kappa shape index (κ1) is 17.7. The average Bonchev–Trinajstić information content (AvgIpc) is 2.58. The zero-order valence-electron chi connectivity index (χ0n) is 12.0. The minimum absolute atomic E-state index is 0.0630. The minimum Gasteiger partial charge on any atom is -0.506 e. The molecule has 0 fully saturated rings. The number of benzene rings is 2. The SMILES string of the molecule is O=C(NO)c1ccc(C(=O)N/N=C/c2cc(Cl)cc(Cl)c2O)cc1. The maximum atomic E-state index is 11.9. The van der Waals surface area contributed by atoms with E-state index < -0.39 is 11.8 Å². The maximum Gasteiger partial charge on any atom is 0.274 e. The standard InChI is InChI=1S/C15H11Cl2N3O4/c16-11-5-10(13(21)12(17)6-11)7-18-19-14(22)8-1-3-9(4-2-8)15(23)20-24/h1-7,21,24H,(H,19,22)(H,20,23)/b18-7+. The topological polar surface area (TPSA) is 111 Å². The number of hydrazone groups is 1. The number of hydroxylamine groups is 1. The van der Waals surface area contributed by atoms with Gasteiger partial charge in [0.15, 0.2) is 0 Å². The van der Waals surface area contributed by atoms with E-state index in [-0.39, 0.29) is 27.5 Å². The molecular weight excluding hydrogens is 357 g/mol. The van der Waals surface area contributed by atoms with Crippen LogP contribution >= 0.6 is 23.2 Å². The third-order valence-electron chi connectivity index (χ3n) is 2.94. The number of phenolic OH excluding ortho intramolecular Hbond substituents is 1. The molecule has 9 heteroatoms. The molecule has 0 atom stereocenters. The number of halogens is 2. The van der Waals surface area contributed by atoms with E-state index in [0.717, 1.165) is 0 Å². The van der Waals surface area contributed by atoms with E-state index >= 15 is 0 Å². The number of phenols is 1. The van der Waals surface area contributed by atoms with E-state index in [2.05, 4.69) is 10.5 Å². The Balaban J connectivity index is 2.06. The van der Waals surface area contributed by atoms with Gasteiger partial charge in [0.25, 0.3) is 11.8 Å². The highest BCUT2D eigenvalue weighted by molar-refractivity contribution is 6.36. The molecule has 2 aromatic rings. The lowest BCUT2D eigenvalue weighted by Gasteiger charge is -2.03. The Bertz CT molecular complexity index is 807.